The number of ether oxygens (including phenoxy) is 2. The van der Waals surface area contributed by atoms with Crippen molar-refractivity contribution in [1.82, 2.24) is 10.1 Å². The van der Waals surface area contributed by atoms with Gasteiger partial charge in [0, 0.05) is 11.3 Å². The van der Waals surface area contributed by atoms with Crippen LogP contribution in [0.1, 0.15) is 17.0 Å². The van der Waals surface area contributed by atoms with Crippen molar-refractivity contribution in [3.63, 3.8) is 0 Å². The Morgan fingerprint density at radius 1 is 1.11 bits per heavy atom. The minimum absolute atomic E-state index is 0.0586. The maximum absolute atomic E-state index is 12.4. The van der Waals surface area contributed by atoms with Gasteiger partial charge < -0.3 is 19.3 Å². The molecule has 0 unspecified atom stereocenters. The third-order valence-electron chi connectivity index (χ3n) is 4.00. The highest BCUT2D eigenvalue weighted by molar-refractivity contribution is 5.61. The zero-order valence-corrected chi connectivity index (χ0v) is 15.1. The molecule has 3 rings (SSSR count). The number of aromatic nitrogens is 2. The lowest BCUT2D eigenvalue weighted by molar-refractivity contribution is -0.0512. The number of halogens is 2. The number of anilines is 1. The summed E-state index contributed by atoms with van der Waals surface area (Å²) in [7, 11) is 1.37. The average Bonchev–Trinajstić information content (AvgIpc) is 3.10. The van der Waals surface area contributed by atoms with Gasteiger partial charge in [0.25, 0.3) is 0 Å². The second-order valence-corrected chi connectivity index (χ2v) is 5.88. The largest absolute Gasteiger partial charge is 0.493 e. The van der Waals surface area contributed by atoms with E-state index in [1.54, 1.807) is 6.07 Å². The number of benzene rings is 2. The maximum Gasteiger partial charge on any atom is 0.387 e. The van der Waals surface area contributed by atoms with E-state index in [1.165, 1.54) is 19.2 Å². The van der Waals surface area contributed by atoms with E-state index in [4.69, 9.17) is 9.26 Å². The molecule has 0 aliphatic rings. The molecule has 0 radical (unpaired) electrons. The van der Waals surface area contributed by atoms with Gasteiger partial charge >= 0.3 is 6.61 Å². The van der Waals surface area contributed by atoms with Gasteiger partial charge in [-0.2, -0.15) is 13.8 Å². The predicted octanol–water partition coefficient (Wildman–Crippen LogP) is 4.58. The van der Waals surface area contributed by atoms with Crippen LogP contribution in [0.15, 0.2) is 40.9 Å². The topological polar surface area (TPSA) is 69.4 Å². The first-order valence-corrected chi connectivity index (χ1v) is 8.24. The van der Waals surface area contributed by atoms with Crippen molar-refractivity contribution in [2.45, 2.75) is 27.0 Å². The Labute approximate surface area is 155 Å². The van der Waals surface area contributed by atoms with Crippen LogP contribution in [0.25, 0.3) is 11.4 Å². The fraction of sp³-hybridized carbons (Fsp3) is 0.263. The molecular formula is C19H19F2N3O3. The Kier molecular flexibility index (Phi) is 5.54. The normalized spacial score (nSPS) is 10.9. The highest BCUT2D eigenvalue weighted by Crippen LogP contribution is 2.32. The van der Waals surface area contributed by atoms with Gasteiger partial charge in [0.1, 0.15) is 0 Å². The van der Waals surface area contributed by atoms with Crippen molar-refractivity contribution in [2.75, 3.05) is 12.4 Å². The summed E-state index contributed by atoms with van der Waals surface area (Å²) < 4.78 is 39.6. The van der Waals surface area contributed by atoms with Crippen LogP contribution >= 0.6 is 0 Å². The van der Waals surface area contributed by atoms with Gasteiger partial charge in [-0.15, -0.1) is 0 Å². The summed E-state index contributed by atoms with van der Waals surface area (Å²) in [6, 6.07) is 10.5. The summed E-state index contributed by atoms with van der Waals surface area (Å²) in [5.41, 5.74) is 3.83. The van der Waals surface area contributed by atoms with Crippen molar-refractivity contribution in [1.29, 1.82) is 0 Å². The molecule has 8 heteroatoms. The monoisotopic (exact) mass is 375 g/mol. The molecule has 1 N–H and O–H groups in total. The SMILES string of the molecule is COc1cc(-c2noc(CNc3c(C)cccc3C)n2)ccc1OC(F)F. The van der Waals surface area contributed by atoms with Crippen LogP contribution in [-0.2, 0) is 6.54 Å². The van der Waals surface area contributed by atoms with E-state index in [2.05, 4.69) is 20.2 Å². The van der Waals surface area contributed by atoms with E-state index in [0.717, 1.165) is 16.8 Å². The lowest BCUT2D eigenvalue weighted by atomic mass is 10.1. The fourth-order valence-electron chi connectivity index (χ4n) is 2.70. The maximum atomic E-state index is 12.4. The molecule has 1 heterocycles. The molecule has 0 amide bonds. The van der Waals surface area contributed by atoms with Crippen LogP contribution in [0.3, 0.4) is 0 Å². The Bertz CT molecular complexity index is 908. The number of aryl methyl sites for hydroxylation is 2. The van der Waals surface area contributed by atoms with Gasteiger partial charge in [-0.05, 0) is 43.2 Å². The number of nitrogens with zero attached hydrogens (tertiary/aromatic N) is 2. The molecular weight excluding hydrogens is 356 g/mol. The van der Waals surface area contributed by atoms with Crippen molar-refractivity contribution >= 4 is 5.69 Å². The first-order valence-electron chi connectivity index (χ1n) is 8.24. The first-order chi connectivity index (χ1) is 13.0. The van der Waals surface area contributed by atoms with Crippen molar-refractivity contribution in [3.8, 4) is 22.9 Å². The van der Waals surface area contributed by atoms with Crippen molar-refractivity contribution < 1.29 is 22.8 Å². The van der Waals surface area contributed by atoms with Crippen LogP contribution in [0.4, 0.5) is 14.5 Å². The van der Waals surface area contributed by atoms with Crippen LogP contribution < -0.4 is 14.8 Å². The highest BCUT2D eigenvalue weighted by atomic mass is 19.3. The summed E-state index contributed by atoms with van der Waals surface area (Å²) in [6.07, 6.45) is 0. The molecule has 6 nitrogen and oxygen atoms in total. The molecule has 0 atom stereocenters. The minimum Gasteiger partial charge on any atom is -0.493 e. The van der Waals surface area contributed by atoms with Gasteiger partial charge in [-0.3, -0.25) is 0 Å². The zero-order chi connectivity index (χ0) is 19.4. The fourth-order valence-corrected chi connectivity index (χ4v) is 2.70. The number of alkyl halides is 2. The number of nitrogens with one attached hydrogen (secondary N) is 1. The molecule has 1 aromatic heterocycles. The summed E-state index contributed by atoms with van der Waals surface area (Å²) in [4.78, 5) is 4.34. The quantitative estimate of drug-likeness (QED) is 0.652. The average molecular weight is 375 g/mol. The molecule has 0 aliphatic carbocycles. The summed E-state index contributed by atoms with van der Waals surface area (Å²) in [6.45, 7) is 1.47. The molecule has 0 fully saturated rings. The standard InChI is InChI=1S/C19H19F2N3O3/c1-11-5-4-6-12(2)17(11)22-10-16-23-18(24-27-16)13-7-8-14(26-19(20)21)15(9-13)25-3/h4-9,19,22H,10H2,1-3H3. The highest BCUT2D eigenvalue weighted by Gasteiger charge is 2.15. The Balaban J connectivity index is 1.75. The molecule has 142 valence electrons. The lowest BCUT2D eigenvalue weighted by Crippen LogP contribution is -2.03. The Morgan fingerprint density at radius 2 is 1.85 bits per heavy atom. The van der Waals surface area contributed by atoms with Crippen LogP contribution in [-0.4, -0.2) is 23.9 Å². The molecule has 0 saturated carbocycles. The third-order valence-corrected chi connectivity index (χ3v) is 4.00. The van der Waals surface area contributed by atoms with Gasteiger partial charge in [0.2, 0.25) is 11.7 Å². The molecule has 2 aromatic carbocycles. The predicted molar refractivity (Wildman–Crippen MR) is 96.2 cm³/mol. The number of hydrogen-bond acceptors (Lipinski definition) is 6. The molecule has 0 aliphatic heterocycles. The zero-order valence-electron chi connectivity index (χ0n) is 15.1. The van der Waals surface area contributed by atoms with E-state index >= 15 is 0 Å². The molecule has 3 aromatic rings. The number of rotatable bonds is 7. The van der Waals surface area contributed by atoms with E-state index in [9.17, 15) is 8.78 Å². The second kappa shape index (κ2) is 8.03. The minimum atomic E-state index is -2.93. The molecule has 0 saturated heterocycles. The van der Waals surface area contributed by atoms with Gasteiger partial charge in [0.05, 0.1) is 13.7 Å². The first kappa shape index (κ1) is 18.6. The molecule has 27 heavy (non-hydrogen) atoms. The van der Waals surface area contributed by atoms with Crippen LogP contribution in [0.5, 0.6) is 11.5 Å². The summed E-state index contributed by atoms with van der Waals surface area (Å²) in [5.74, 6) is 0.833. The Hall–Kier alpha value is -3.16. The van der Waals surface area contributed by atoms with E-state index in [0.29, 0.717) is 23.8 Å². The van der Waals surface area contributed by atoms with E-state index in [1.807, 2.05) is 32.0 Å². The molecule has 0 bridgehead atoms. The lowest BCUT2D eigenvalue weighted by Gasteiger charge is -2.10. The van der Waals surface area contributed by atoms with E-state index in [-0.39, 0.29) is 11.5 Å². The number of para-hydroxylation sites is 1. The number of hydrogen-bond donors (Lipinski definition) is 1. The van der Waals surface area contributed by atoms with Crippen molar-refractivity contribution in [3.05, 3.63) is 53.4 Å². The molecule has 0 spiro atoms. The van der Waals surface area contributed by atoms with Crippen molar-refractivity contribution in [2.24, 2.45) is 0 Å². The van der Waals surface area contributed by atoms with Gasteiger partial charge in [-0.25, -0.2) is 0 Å². The van der Waals surface area contributed by atoms with E-state index < -0.39 is 6.61 Å². The van der Waals surface area contributed by atoms with Gasteiger partial charge in [-0.1, -0.05) is 23.4 Å². The summed E-state index contributed by atoms with van der Waals surface area (Å²) >= 11 is 0. The van der Waals surface area contributed by atoms with Gasteiger partial charge in [0.15, 0.2) is 11.5 Å². The third kappa shape index (κ3) is 4.33. The summed E-state index contributed by atoms with van der Waals surface area (Å²) in [5, 5.41) is 7.23. The van der Waals surface area contributed by atoms with Crippen LogP contribution in [0, 0.1) is 13.8 Å². The second-order valence-electron chi connectivity index (χ2n) is 5.88. The van der Waals surface area contributed by atoms with Crippen LogP contribution in [0.2, 0.25) is 0 Å². The number of methoxy groups -OCH3 is 1. The smallest absolute Gasteiger partial charge is 0.387 e. The Morgan fingerprint density at radius 3 is 2.52 bits per heavy atom.